The van der Waals surface area contributed by atoms with Crippen LogP contribution in [0.25, 0.3) is 0 Å². The number of para-hydroxylation sites is 1. The summed E-state index contributed by atoms with van der Waals surface area (Å²) in [6.45, 7) is 1.25. The van der Waals surface area contributed by atoms with E-state index in [-0.39, 0.29) is 29.2 Å². The van der Waals surface area contributed by atoms with Crippen LogP contribution in [0.5, 0.6) is 0 Å². The van der Waals surface area contributed by atoms with Crippen LogP contribution in [-0.2, 0) is 26.2 Å². The Kier molecular flexibility index (Phi) is 9.44. The average Bonchev–Trinajstić information content (AvgIpc) is 2.81. The zero-order valence-electron chi connectivity index (χ0n) is 19.9. The fraction of sp³-hybridized carbons (Fsp3) is 0.440. The Balaban J connectivity index is 1.88. The second-order valence-electron chi connectivity index (χ2n) is 8.89. The summed E-state index contributed by atoms with van der Waals surface area (Å²) in [6, 6.07) is 12.7. The summed E-state index contributed by atoms with van der Waals surface area (Å²) in [5.74, 6) is -0.794. The van der Waals surface area contributed by atoms with E-state index in [0.717, 1.165) is 48.2 Å². The fourth-order valence-electron chi connectivity index (χ4n) is 4.23. The van der Waals surface area contributed by atoms with Gasteiger partial charge in [-0.15, -0.1) is 0 Å². The molecule has 1 atom stereocenters. The van der Waals surface area contributed by atoms with E-state index < -0.39 is 28.5 Å². The zero-order chi connectivity index (χ0) is 25.6. The van der Waals surface area contributed by atoms with Crippen molar-refractivity contribution in [3.63, 3.8) is 0 Å². The van der Waals surface area contributed by atoms with Crippen LogP contribution in [0.15, 0.2) is 48.5 Å². The molecule has 0 aliphatic heterocycles. The molecule has 190 valence electrons. The first-order chi connectivity index (χ1) is 16.6. The Morgan fingerprint density at radius 2 is 1.74 bits per heavy atom. The molecule has 0 radical (unpaired) electrons. The summed E-state index contributed by atoms with van der Waals surface area (Å²) >= 11 is 12.4. The molecule has 7 nitrogen and oxygen atoms in total. The molecule has 1 aliphatic rings. The Morgan fingerprint density at radius 3 is 2.37 bits per heavy atom. The molecule has 2 amide bonds. The van der Waals surface area contributed by atoms with Gasteiger partial charge in [0, 0.05) is 17.6 Å². The highest BCUT2D eigenvalue weighted by molar-refractivity contribution is 7.92. The van der Waals surface area contributed by atoms with Crippen LogP contribution in [0.2, 0.25) is 10.0 Å². The first-order valence-electron chi connectivity index (χ1n) is 11.6. The number of carbonyl (C=O) groups excluding carboxylic acids is 2. The maximum atomic E-state index is 13.6. The van der Waals surface area contributed by atoms with E-state index in [1.54, 1.807) is 49.4 Å². The number of nitrogens with one attached hydrogen (secondary N) is 1. The zero-order valence-corrected chi connectivity index (χ0v) is 22.2. The SMILES string of the molecule is C[C@H](C(=O)NC1CCCCC1)N(Cc1cccc(Cl)c1)C(=O)CN(c1ccccc1Cl)S(C)(=O)=O. The summed E-state index contributed by atoms with van der Waals surface area (Å²) in [5.41, 5.74) is 0.929. The molecule has 1 saturated carbocycles. The lowest BCUT2D eigenvalue weighted by Crippen LogP contribution is -2.53. The number of nitrogens with zero attached hydrogens (tertiary/aromatic N) is 2. The second-order valence-corrected chi connectivity index (χ2v) is 11.6. The highest BCUT2D eigenvalue weighted by Gasteiger charge is 2.31. The number of amides is 2. The molecular weight excluding hydrogens is 509 g/mol. The Bertz CT molecular complexity index is 1150. The summed E-state index contributed by atoms with van der Waals surface area (Å²) in [7, 11) is -3.84. The average molecular weight is 541 g/mol. The molecule has 2 aromatic rings. The van der Waals surface area contributed by atoms with E-state index in [4.69, 9.17) is 23.2 Å². The van der Waals surface area contributed by atoms with Gasteiger partial charge in [-0.2, -0.15) is 0 Å². The minimum atomic E-state index is -3.84. The maximum Gasteiger partial charge on any atom is 0.244 e. The molecule has 0 aromatic heterocycles. The molecule has 1 aliphatic carbocycles. The van der Waals surface area contributed by atoms with Gasteiger partial charge in [0.2, 0.25) is 21.8 Å². The van der Waals surface area contributed by atoms with Crippen LogP contribution >= 0.6 is 23.2 Å². The first kappa shape index (κ1) is 27.3. The van der Waals surface area contributed by atoms with Gasteiger partial charge in [0.25, 0.3) is 0 Å². The van der Waals surface area contributed by atoms with Crippen molar-refractivity contribution < 1.29 is 18.0 Å². The van der Waals surface area contributed by atoms with E-state index in [1.807, 2.05) is 0 Å². The fourth-order valence-corrected chi connectivity index (χ4v) is 5.59. The van der Waals surface area contributed by atoms with Gasteiger partial charge >= 0.3 is 0 Å². The molecule has 0 saturated heterocycles. The molecule has 0 spiro atoms. The number of sulfonamides is 1. The summed E-state index contributed by atoms with van der Waals surface area (Å²) in [4.78, 5) is 28.1. The molecule has 10 heteroatoms. The van der Waals surface area contributed by atoms with Crippen LogP contribution in [0.3, 0.4) is 0 Å². The number of rotatable bonds is 9. The Hall–Kier alpha value is -2.29. The van der Waals surface area contributed by atoms with Gasteiger partial charge in [-0.3, -0.25) is 13.9 Å². The minimum absolute atomic E-state index is 0.0810. The molecule has 1 N–H and O–H groups in total. The third kappa shape index (κ3) is 7.59. The minimum Gasteiger partial charge on any atom is -0.352 e. The number of halogens is 2. The molecule has 3 rings (SSSR count). The lowest BCUT2D eigenvalue weighted by Gasteiger charge is -2.33. The van der Waals surface area contributed by atoms with Crippen LogP contribution in [0.1, 0.15) is 44.6 Å². The number of anilines is 1. The second kappa shape index (κ2) is 12.1. The third-order valence-corrected chi connectivity index (χ3v) is 7.84. The number of carbonyl (C=O) groups is 2. The van der Waals surface area contributed by atoms with Gasteiger partial charge in [-0.25, -0.2) is 8.42 Å². The number of hydrogen-bond acceptors (Lipinski definition) is 4. The van der Waals surface area contributed by atoms with E-state index in [9.17, 15) is 18.0 Å². The van der Waals surface area contributed by atoms with Crippen molar-refractivity contribution in [1.29, 1.82) is 0 Å². The van der Waals surface area contributed by atoms with E-state index >= 15 is 0 Å². The standard InChI is InChI=1S/C25H31Cl2N3O4S/c1-18(25(32)28-21-11-4-3-5-12-21)29(16-19-9-8-10-20(26)15-19)24(31)17-30(35(2,33)34)23-14-7-6-13-22(23)27/h6-10,13-15,18,21H,3-5,11-12,16-17H2,1-2H3,(H,28,32)/t18-/m1/s1. The van der Waals surface area contributed by atoms with Crippen LogP contribution < -0.4 is 9.62 Å². The van der Waals surface area contributed by atoms with Crippen LogP contribution in [-0.4, -0.2) is 50.0 Å². The number of benzene rings is 2. The van der Waals surface area contributed by atoms with Gasteiger partial charge in [-0.1, -0.05) is 66.7 Å². The van der Waals surface area contributed by atoms with E-state index in [2.05, 4.69) is 5.32 Å². The molecular formula is C25H31Cl2N3O4S. The topological polar surface area (TPSA) is 86.8 Å². The van der Waals surface area contributed by atoms with Gasteiger partial charge in [0.15, 0.2) is 0 Å². The third-order valence-electron chi connectivity index (χ3n) is 6.16. The van der Waals surface area contributed by atoms with Gasteiger partial charge in [-0.05, 0) is 49.6 Å². The molecule has 2 aromatic carbocycles. The smallest absolute Gasteiger partial charge is 0.244 e. The quantitative estimate of drug-likeness (QED) is 0.503. The van der Waals surface area contributed by atoms with Crippen molar-refractivity contribution in [2.45, 2.75) is 57.7 Å². The van der Waals surface area contributed by atoms with E-state index in [0.29, 0.717) is 5.02 Å². The highest BCUT2D eigenvalue weighted by Crippen LogP contribution is 2.27. The maximum absolute atomic E-state index is 13.6. The predicted molar refractivity (Wildman–Crippen MR) is 140 cm³/mol. The highest BCUT2D eigenvalue weighted by atomic mass is 35.5. The van der Waals surface area contributed by atoms with Crippen LogP contribution in [0, 0.1) is 0 Å². The predicted octanol–water partition coefficient (Wildman–Crippen LogP) is 4.63. The van der Waals surface area contributed by atoms with Crippen molar-refractivity contribution in [3.8, 4) is 0 Å². The molecule has 0 heterocycles. The van der Waals surface area contributed by atoms with Crippen molar-refractivity contribution in [3.05, 3.63) is 64.1 Å². The van der Waals surface area contributed by atoms with Gasteiger partial charge in [0.05, 0.1) is 17.0 Å². The Labute approximate surface area is 217 Å². The molecule has 0 unspecified atom stereocenters. The largest absolute Gasteiger partial charge is 0.352 e. The van der Waals surface area contributed by atoms with Crippen molar-refractivity contribution in [2.24, 2.45) is 0 Å². The lowest BCUT2D eigenvalue weighted by molar-refractivity contribution is -0.139. The van der Waals surface area contributed by atoms with Gasteiger partial charge in [0.1, 0.15) is 12.6 Å². The summed E-state index contributed by atoms with van der Waals surface area (Å²) in [5, 5.41) is 3.77. The molecule has 35 heavy (non-hydrogen) atoms. The molecule has 1 fully saturated rings. The Morgan fingerprint density at radius 1 is 1.06 bits per heavy atom. The summed E-state index contributed by atoms with van der Waals surface area (Å²) < 4.78 is 26.2. The first-order valence-corrected chi connectivity index (χ1v) is 14.2. The van der Waals surface area contributed by atoms with Crippen molar-refractivity contribution in [1.82, 2.24) is 10.2 Å². The lowest BCUT2D eigenvalue weighted by atomic mass is 9.95. The van der Waals surface area contributed by atoms with Crippen molar-refractivity contribution in [2.75, 3.05) is 17.1 Å². The summed E-state index contributed by atoms with van der Waals surface area (Å²) in [6.07, 6.45) is 6.12. The normalized spacial score (nSPS) is 15.3. The number of hydrogen-bond donors (Lipinski definition) is 1. The van der Waals surface area contributed by atoms with Crippen LogP contribution in [0.4, 0.5) is 5.69 Å². The monoisotopic (exact) mass is 539 g/mol. The van der Waals surface area contributed by atoms with Gasteiger partial charge < -0.3 is 10.2 Å². The molecule has 0 bridgehead atoms. The van der Waals surface area contributed by atoms with Crippen molar-refractivity contribution >= 4 is 50.7 Å². The van der Waals surface area contributed by atoms with E-state index in [1.165, 1.54) is 11.0 Å².